The number of imide groups is 1. The quantitative estimate of drug-likeness (QED) is 0.566. The van der Waals surface area contributed by atoms with Crippen LogP contribution in [0, 0.1) is 5.92 Å². The topological polar surface area (TPSA) is 97.0 Å². The number of para-hydroxylation sites is 1. The molecule has 1 atom stereocenters. The summed E-state index contributed by atoms with van der Waals surface area (Å²) in [5.41, 5.74) is -3.25. The summed E-state index contributed by atoms with van der Waals surface area (Å²) in [7, 11) is 2.71. The maximum absolute atomic E-state index is 14.0. The predicted molar refractivity (Wildman–Crippen MR) is 111 cm³/mol. The highest BCUT2D eigenvalue weighted by atomic mass is 19.4. The monoisotopic (exact) mass is 471 g/mol. The highest BCUT2D eigenvalue weighted by Gasteiger charge is 2.68. The van der Waals surface area contributed by atoms with E-state index < -0.39 is 36.2 Å². The van der Waals surface area contributed by atoms with E-state index in [0.717, 1.165) is 32.1 Å². The molecule has 8 nitrogen and oxygen atoms in total. The lowest BCUT2D eigenvalue weighted by atomic mass is 9.86. The number of carbonyl (C=O) groups is 3. The van der Waals surface area contributed by atoms with Crippen molar-refractivity contribution in [3.05, 3.63) is 23.8 Å². The largest absolute Gasteiger partial charge is 0.493 e. The molecule has 1 saturated carbocycles. The molecule has 0 radical (unpaired) electrons. The zero-order valence-corrected chi connectivity index (χ0v) is 18.6. The van der Waals surface area contributed by atoms with Gasteiger partial charge in [-0.25, -0.2) is 4.79 Å². The van der Waals surface area contributed by atoms with Gasteiger partial charge < -0.3 is 14.8 Å². The van der Waals surface area contributed by atoms with Crippen LogP contribution < -0.4 is 20.1 Å². The Balaban J connectivity index is 1.79. The minimum atomic E-state index is -5.24. The van der Waals surface area contributed by atoms with Crippen molar-refractivity contribution in [3.8, 4) is 11.5 Å². The van der Waals surface area contributed by atoms with E-state index in [2.05, 4.69) is 0 Å². The van der Waals surface area contributed by atoms with Crippen LogP contribution in [0.25, 0.3) is 0 Å². The van der Waals surface area contributed by atoms with Crippen LogP contribution in [0.15, 0.2) is 18.2 Å². The van der Waals surface area contributed by atoms with Gasteiger partial charge in [-0.15, -0.1) is 0 Å². The van der Waals surface area contributed by atoms with Gasteiger partial charge in [0.25, 0.3) is 11.6 Å². The average Bonchev–Trinajstić information content (AvgIpc) is 3.03. The maximum atomic E-state index is 14.0. The number of carbonyl (C=O) groups excluding carboxylic acids is 3. The predicted octanol–water partition coefficient (Wildman–Crippen LogP) is 3.49. The van der Waals surface area contributed by atoms with Crippen LogP contribution in [0.5, 0.6) is 11.5 Å². The molecule has 0 spiro atoms. The summed E-state index contributed by atoms with van der Waals surface area (Å²) >= 11 is 0. The lowest BCUT2D eigenvalue weighted by Gasteiger charge is -2.30. The van der Waals surface area contributed by atoms with Gasteiger partial charge in [0.15, 0.2) is 11.5 Å². The number of amides is 4. The number of rotatable bonds is 8. The molecule has 1 heterocycles. The first-order valence-corrected chi connectivity index (χ1v) is 10.8. The van der Waals surface area contributed by atoms with Crippen LogP contribution >= 0.6 is 0 Å². The number of hydrogen-bond acceptors (Lipinski definition) is 5. The van der Waals surface area contributed by atoms with Crippen molar-refractivity contribution < 1.29 is 37.0 Å². The normalized spacial score (nSPS) is 21.7. The first-order chi connectivity index (χ1) is 15.6. The first kappa shape index (κ1) is 24.7. The molecule has 1 saturated heterocycles. The molecule has 3 rings (SSSR count). The average molecular weight is 471 g/mol. The SMILES string of the molecule is COc1cccc(CN2C(=O)NC(NC(=O)CCC3CCCCC3)(C(F)(F)F)C2=O)c1OC. The highest BCUT2D eigenvalue weighted by Crippen LogP contribution is 2.37. The zero-order valence-electron chi connectivity index (χ0n) is 18.6. The minimum absolute atomic E-state index is 0.157. The highest BCUT2D eigenvalue weighted by molar-refractivity contribution is 6.08. The molecule has 1 aliphatic heterocycles. The van der Waals surface area contributed by atoms with Gasteiger partial charge in [-0.2, -0.15) is 13.2 Å². The summed E-state index contributed by atoms with van der Waals surface area (Å²) in [6.07, 6.45) is 0.100. The molecule has 0 aromatic heterocycles. The molecule has 2 aliphatic rings. The molecular formula is C22H28F3N3O5. The molecule has 4 amide bonds. The number of ether oxygens (including phenoxy) is 2. The van der Waals surface area contributed by atoms with Crippen LogP contribution in [-0.4, -0.2) is 48.8 Å². The third kappa shape index (κ3) is 5.01. The molecular weight excluding hydrogens is 443 g/mol. The number of benzene rings is 1. The van der Waals surface area contributed by atoms with E-state index in [4.69, 9.17) is 9.47 Å². The van der Waals surface area contributed by atoms with Crippen molar-refractivity contribution in [2.45, 2.75) is 63.3 Å². The lowest BCUT2D eigenvalue weighted by Crippen LogP contribution is -2.69. The van der Waals surface area contributed by atoms with E-state index in [1.165, 1.54) is 20.3 Å². The summed E-state index contributed by atoms with van der Waals surface area (Å²) in [4.78, 5) is 38.2. The van der Waals surface area contributed by atoms with E-state index in [0.29, 0.717) is 17.1 Å². The summed E-state index contributed by atoms with van der Waals surface area (Å²) < 4.78 is 52.5. The standard InChI is InChI=1S/C22H28F3N3O5/c1-32-16-10-6-9-15(18(16)33-2)13-28-19(30)21(22(23,24)25,27-20(28)31)26-17(29)12-11-14-7-4-3-5-8-14/h6,9-10,14H,3-5,7-8,11-13H2,1-2H3,(H,26,29)(H,27,31). The van der Waals surface area contributed by atoms with Crippen LogP contribution in [0.3, 0.4) is 0 Å². The molecule has 1 aromatic rings. The second-order valence-corrected chi connectivity index (χ2v) is 8.31. The Morgan fingerprint density at radius 3 is 2.48 bits per heavy atom. The van der Waals surface area contributed by atoms with E-state index in [1.54, 1.807) is 22.8 Å². The number of urea groups is 1. The summed E-state index contributed by atoms with van der Waals surface area (Å²) in [6.45, 7) is -0.499. The third-order valence-corrected chi connectivity index (χ3v) is 6.18. The number of halogens is 3. The molecule has 2 fully saturated rings. The molecule has 182 valence electrons. The van der Waals surface area contributed by atoms with Gasteiger partial charge in [0.2, 0.25) is 5.91 Å². The fourth-order valence-electron chi connectivity index (χ4n) is 4.40. The van der Waals surface area contributed by atoms with Gasteiger partial charge in [0.1, 0.15) is 0 Å². The Kier molecular flexibility index (Phi) is 7.38. The van der Waals surface area contributed by atoms with E-state index in [-0.39, 0.29) is 23.7 Å². The molecule has 2 N–H and O–H groups in total. The summed E-state index contributed by atoms with van der Waals surface area (Å²) in [6, 6.07) is 3.35. The number of hydrogen-bond donors (Lipinski definition) is 2. The molecule has 11 heteroatoms. The van der Waals surface area contributed by atoms with Crippen molar-refractivity contribution in [2.75, 3.05) is 14.2 Å². The number of nitrogens with zero attached hydrogens (tertiary/aromatic N) is 1. The van der Waals surface area contributed by atoms with E-state index in [1.807, 2.05) is 0 Å². The van der Waals surface area contributed by atoms with Crippen molar-refractivity contribution in [1.82, 2.24) is 15.5 Å². The number of nitrogens with one attached hydrogen (secondary N) is 2. The number of methoxy groups -OCH3 is 2. The molecule has 1 aromatic carbocycles. The molecule has 33 heavy (non-hydrogen) atoms. The third-order valence-electron chi connectivity index (χ3n) is 6.18. The smallest absolute Gasteiger partial charge is 0.440 e. The van der Waals surface area contributed by atoms with Crippen molar-refractivity contribution >= 4 is 17.8 Å². The Morgan fingerprint density at radius 1 is 1.18 bits per heavy atom. The fourth-order valence-corrected chi connectivity index (χ4v) is 4.40. The molecule has 1 unspecified atom stereocenters. The van der Waals surface area contributed by atoms with Crippen LogP contribution in [0.2, 0.25) is 0 Å². The minimum Gasteiger partial charge on any atom is -0.493 e. The van der Waals surface area contributed by atoms with Crippen LogP contribution in [0.1, 0.15) is 50.5 Å². The van der Waals surface area contributed by atoms with Gasteiger partial charge in [-0.1, -0.05) is 44.2 Å². The Hall–Kier alpha value is -2.98. The van der Waals surface area contributed by atoms with Gasteiger partial charge in [-0.3, -0.25) is 19.8 Å². The Morgan fingerprint density at radius 2 is 1.88 bits per heavy atom. The van der Waals surface area contributed by atoms with Crippen molar-refractivity contribution in [2.24, 2.45) is 5.92 Å². The fraction of sp³-hybridized carbons (Fsp3) is 0.591. The first-order valence-electron chi connectivity index (χ1n) is 10.8. The lowest BCUT2D eigenvalue weighted by molar-refractivity contribution is -0.204. The molecule has 1 aliphatic carbocycles. The summed E-state index contributed by atoms with van der Waals surface area (Å²) in [5, 5.41) is 3.45. The van der Waals surface area contributed by atoms with Crippen molar-refractivity contribution in [3.63, 3.8) is 0 Å². The Labute approximate surface area is 189 Å². The zero-order chi connectivity index (χ0) is 24.2. The molecule has 0 bridgehead atoms. The van der Waals surface area contributed by atoms with Gasteiger partial charge in [0.05, 0.1) is 20.8 Å². The maximum Gasteiger partial charge on any atom is 0.440 e. The van der Waals surface area contributed by atoms with Gasteiger partial charge in [0, 0.05) is 12.0 Å². The van der Waals surface area contributed by atoms with E-state index >= 15 is 0 Å². The van der Waals surface area contributed by atoms with Crippen LogP contribution in [-0.2, 0) is 16.1 Å². The van der Waals surface area contributed by atoms with Crippen molar-refractivity contribution in [1.29, 1.82) is 0 Å². The van der Waals surface area contributed by atoms with Crippen LogP contribution in [0.4, 0.5) is 18.0 Å². The second kappa shape index (κ2) is 9.88. The second-order valence-electron chi connectivity index (χ2n) is 8.31. The summed E-state index contributed by atoms with van der Waals surface area (Å²) in [5.74, 6) is -1.79. The number of alkyl halides is 3. The Bertz CT molecular complexity index is 902. The van der Waals surface area contributed by atoms with E-state index in [9.17, 15) is 27.6 Å². The van der Waals surface area contributed by atoms with Gasteiger partial charge in [-0.05, 0) is 18.4 Å². The van der Waals surface area contributed by atoms with Gasteiger partial charge >= 0.3 is 12.2 Å².